The molecule has 0 aliphatic rings. The van der Waals surface area contributed by atoms with Crippen LogP contribution in [-0.2, 0) is 0 Å². The second-order valence-electron chi connectivity index (χ2n) is 4.69. The lowest BCUT2D eigenvalue weighted by Gasteiger charge is -2.11. The van der Waals surface area contributed by atoms with E-state index in [1.54, 1.807) is 12.1 Å². The Bertz CT molecular complexity index is 552. The number of fused-ring (bicyclic) bond motifs is 1. The van der Waals surface area contributed by atoms with E-state index in [1.807, 2.05) is 18.2 Å². The summed E-state index contributed by atoms with van der Waals surface area (Å²) in [7, 11) is 0. The monoisotopic (exact) mass is 322 g/mol. The van der Waals surface area contributed by atoms with Crippen LogP contribution in [0.2, 0.25) is 0 Å². The van der Waals surface area contributed by atoms with Crippen LogP contribution in [0.5, 0.6) is 11.5 Å². The number of hydrogen-bond acceptors (Lipinski definition) is 2. The number of halogens is 1. The maximum atomic E-state index is 9.48. The van der Waals surface area contributed by atoms with Crippen LogP contribution < -0.4 is 4.74 Å². The number of phenolic OH excluding ortho intramolecular Hbond substituents is 1. The zero-order chi connectivity index (χ0) is 13.7. The minimum absolute atomic E-state index is 0.301. The zero-order valence-electron chi connectivity index (χ0n) is 11.2. The predicted octanol–water partition coefficient (Wildman–Crippen LogP) is 4.80. The van der Waals surface area contributed by atoms with E-state index in [-0.39, 0.29) is 0 Å². The zero-order valence-corrected chi connectivity index (χ0v) is 12.7. The average Bonchev–Trinajstić information content (AvgIpc) is 2.41. The Morgan fingerprint density at radius 1 is 1.11 bits per heavy atom. The highest BCUT2D eigenvalue weighted by molar-refractivity contribution is 9.09. The smallest absolute Gasteiger partial charge is 0.122 e. The lowest BCUT2D eigenvalue weighted by molar-refractivity contribution is 0.305. The molecule has 0 amide bonds. The number of hydrogen-bond donors (Lipinski definition) is 1. The molecule has 0 fully saturated rings. The first kappa shape index (κ1) is 14.2. The lowest BCUT2D eigenvalue weighted by atomic mass is 10.0. The fraction of sp³-hybridized carbons (Fsp3) is 0.375. The second kappa shape index (κ2) is 6.80. The van der Waals surface area contributed by atoms with Gasteiger partial charge in [-0.05, 0) is 60.7 Å². The van der Waals surface area contributed by atoms with Crippen molar-refractivity contribution in [1.29, 1.82) is 0 Å². The third-order valence-electron chi connectivity index (χ3n) is 3.26. The molecule has 0 saturated heterocycles. The minimum Gasteiger partial charge on any atom is -0.508 e. The van der Waals surface area contributed by atoms with E-state index >= 15 is 0 Å². The van der Waals surface area contributed by atoms with Gasteiger partial charge in [-0.25, -0.2) is 0 Å². The van der Waals surface area contributed by atoms with Crippen LogP contribution in [0.15, 0.2) is 30.3 Å². The van der Waals surface area contributed by atoms with E-state index in [0.29, 0.717) is 5.75 Å². The first-order chi connectivity index (χ1) is 9.22. The molecular formula is C16H19BrO2. The molecule has 102 valence electrons. The number of aromatic hydroxyl groups is 1. The SMILES string of the molecule is Cc1c(OCCCCCBr)ccc2cc(O)ccc12. The minimum atomic E-state index is 0.301. The Balaban J connectivity index is 2.07. The van der Waals surface area contributed by atoms with Gasteiger partial charge in [0, 0.05) is 5.33 Å². The molecule has 0 heterocycles. The van der Waals surface area contributed by atoms with Crippen LogP contribution in [0.1, 0.15) is 24.8 Å². The Labute approximate surface area is 122 Å². The molecule has 2 aromatic carbocycles. The molecule has 0 aromatic heterocycles. The fourth-order valence-corrected chi connectivity index (χ4v) is 2.56. The summed E-state index contributed by atoms with van der Waals surface area (Å²) < 4.78 is 5.84. The van der Waals surface area contributed by atoms with Gasteiger partial charge in [-0.15, -0.1) is 0 Å². The highest BCUT2D eigenvalue weighted by Crippen LogP contribution is 2.29. The highest BCUT2D eigenvalue weighted by Gasteiger charge is 2.05. The predicted molar refractivity (Wildman–Crippen MR) is 83.5 cm³/mol. The second-order valence-corrected chi connectivity index (χ2v) is 5.49. The van der Waals surface area contributed by atoms with Gasteiger partial charge in [-0.2, -0.15) is 0 Å². The van der Waals surface area contributed by atoms with E-state index in [1.165, 1.54) is 12.8 Å². The molecule has 0 aliphatic carbocycles. The van der Waals surface area contributed by atoms with Gasteiger partial charge in [0.15, 0.2) is 0 Å². The van der Waals surface area contributed by atoms with Gasteiger partial charge >= 0.3 is 0 Å². The van der Waals surface area contributed by atoms with E-state index in [9.17, 15) is 5.11 Å². The standard InChI is InChI=1S/C16H19BrO2/c1-12-15-7-6-14(18)11-13(15)5-8-16(12)19-10-4-2-3-9-17/h5-8,11,18H,2-4,9-10H2,1H3. The van der Waals surface area contributed by atoms with E-state index in [2.05, 4.69) is 22.9 Å². The summed E-state index contributed by atoms with van der Waals surface area (Å²) in [6.45, 7) is 2.82. The van der Waals surface area contributed by atoms with Crippen molar-refractivity contribution in [2.75, 3.05) is 11.9 Å². The number of ether oxygens (including phenoxy) is 1. The Morgan fingerprint density at radius 2 is 1.95 bits per heavy atom. The van der Waals surface area contributed by atoms with E-state index in [0.717, 1.165) is 40.4 Å². The molecule has 1 N–H and O–H groups in total. The summed E-state index contributed by atoms with van der Waals surface area (Å²) >= 11 is 3.43. The number of benzene rings is 2. The molecule has 2 nitrogen and oxygen atoms in total. The molecule has 0 radical (unpaired) electrons. The molecule has 2 aromatic rings. The summed E-state index contributed by atoms with van der Waals surface area (Å²) in [6, 6.07) is 9.42. The summed E-state index contributed by atoms with van der Waals surface area (Å²) in [6.07, 6.45) is 3.46. The Hall–Kier alpha value is -1.22. The molecular weight excluding hydrogens is 304 g/mol. The normalized spacial score (nSPS) is 10.8. The number of aryl methyl sites for hydroxylation is 1. The van der Waals surface area contributed by atoms with Gasteiger partial charge in [-0.1, -0.05) is 28.1 Å². The lowest BCUT2D eigenvalue weighted by Crippen LogP contribution is -1.99. The number of phenols is 1. The third kappa shape index (κ3) is 3.63. The molecule has 0 spiro atoms. The summed E-state index contributed by atoms with van der Waals surface area (Å²) in [4.78, 5) is 0. The van der Waals surface area contributed by atoms with Crippen molar-refractivity contribution in [3.8, 4) is 11.5 Å². The van der Waals surface area contributed by atoms with Crippen molar-refractivity contribution >= 4 is 26.7 Å². The molecule has 3 heteroatoms. The van der Waals surface area contributed by atoms with Crippen LogP contribution in [0.25, 0.3) is 10.8 Å². The number of unbranched alkanes of at least 4 members (excludes halogenated alkanes) is 2. The van der Waals surface area contributed by atoms with Crippen molar-refractivity contribution in [2.45, 2.75) is 26.2 Å². The third-order valence-corrected chi connectivity index (χ3v) is 3.82. The Kier molecular flexibility index (Phi) is 5.08. The van der Waals surface area contributed by atoms with Crippen molar-refractivity contribution < 1.29 is 9.84 Å². The van der Waals surface area contributed by atoms with Crippen molar-refractivity contribution in [2.24, 2.45) is 0 Å². The molecule has 19 heavy (non-hydrogen) atoms. The van der Waals surface area contributed by atoms with Gasteiger partial charge in [0.1, 0.15) is 11.5 Å². The van der Waals surface area contributed by atoms with Gasteiger partial charge in [0.2, 0.25) is 0 Å². The average molecular weight is 323 g/mol. The Morgan fingerprint density at radius 3 is 2.74 bits per heavy atom. The maximum absolute atomic E-state index is 9.48. The van der Waals surface area contributed by atoms with Crippen LogP contribution >= 0.6 is 15.9 Å². The van der Waals surface area contributed by atoms with Crippen molar-refractivity contribution in [3.63, 3.8) is 0 Å². The maximum Gasteiger partial charge on any atom is 0.122 e. The molecule has 0 atom stereocenters. The van der Waals surface area contributed by atoms with E-state index < -0.39 is 0 Å². The van der Waals surface area contributed by atoms with Gasteiger partial charge < -0.3 is 9.84 Å². The topological polar surface area (TPSA) is 29.5 Å². The summed E-state index contributed by atoms with van der Waals surface area (Å²) in [5.41, 5.74) is 1.14. The van der Waals surface area contributed by atoms with Crippen LogP contribution in [0.4, 0.5) is 0 Å². The molecule has 2 rings (SSSR count). The van der Waals surface area contributed by atoms with Crippen molar-refractivity contribution in [3.05, 3.63) is 35.9 Å². The van der Waals surface area contributed by atoms with Crippen LogP contribution in [0.3, 0.4) is 0 Å². The first-order valence-corrected chi connectivity index (χ1v) is 7.75. The quantitative estimate of drug-likeness (QED) is 0.611. The highest BCUT2D eigenvalue weighted by atomic mass is 79.9. The summed E-state index contributed by atoms with van der Waals surface area (Å²) in [5, 5.41) is 12.7. The number of rotatable bonds is 6. The fourth-order valence-electron chi connectivity index (χ4n) is 2.16. The van der Waals surface area contributed by atoms with Crippen LogP contribution in [0, 0.1) is 6.92 Å². The van der Waals surface area contributed by atoms with Gasteiger partial charge in [0.05, 0.1) is 6.61 Å². The van der Waals surface area contributed by atoms with Gasteiger partial charge in [0.25, 0.3) is 0 Å². The molecule has 0 bridgehead atoms. The number of alkyl halides is 1. The van der Waals surface area contributed by atoms with E-state index in [4.69, 9.17) is 4.74 Å². The van der Waals surface area contributed by atoms with Crippen LogP contribution in [-0.4, -0.2) is 17.0 Å². The summed E-state index contributed by atoms with van der Waals surface area (Å²) in [5.74, 6) is 1.24. The largest absolute Gasteiger partial charge is 0.508 e. The van der Waals surface area contributed by atoms with Gasteiger partial charge in [-0.3, -0.25) is 0 Å². The molecule has 0 saturated carbocycles. The first-order valence-electron chi connectivity index (χ1n) is 6.63. The molecule has 0 aliphatic heterocycles. The molecule has 0 unspecified atom stereocenters. The van der Waals surface area contributed by atoms with Crippen molar-refractivity contribution in [1.82, 2.24) is 0 Å².